The molecule has 0 bridgehead atoms. The summed E-state index contributed by atoms with van der Waals surface area (Å²) in [5.74, 6) is -1.10. The Morgan fingerprint density at radius 2 is 0.494 bits per heavy atom. The first-order chi connectivity index (χ1) is 38.0. The van der Waals surface area contributed by atoms with E-state index >= 15 is 0 Å². The maximum Gasteiger partial charge on any atom is 0.306 e. The third-order valence-electron chi connectivity index (χ3n) is 13.1. The van der Waals surface area contributed by atoms with Gasteiger partial charge in [-0.1, -0.05) is 270 Å². The highest BCUT2D eigenvalue weighted by molar-refractivity contribution is 5.71. The molecule has 0 saturated heterocycles. The molecule has 77 heavy (non-hydrogen) atoms. The fourth-order valence-corrected chi connectivity index (χ4v) is 8.34. The highest BCUT2D eigenvalue weighted by Crippen LogP contribution is 2.15. The average Bonchev–Trinajstić information content (AvgIpc) is 3.43. The summed E-state index contributed by atoms with van der Waals surface area (Å²) in [6.45, 7) is 6.46. The number of esters is 3. The standard InChI is InChI=1S/C71H116O6/c1-4-7-10-13-16-19-22-25-28-31-34-35-38-40-43-46-49-52-55-58-61-64-70(73)76-67-68(77-71(74)65-62-59-56-53-50-47-44-41-37-33-30-27-24-21-18-15-12-9-6-3)66-75-69(72)63-60-57-54-51-48-45-42-39-36-32-29-26-23-20-17-14-11-8-5-2/h17-18,20-21,25-30,36-37,39,41,45,47-48,50,54,56-57,59,68H,4-16,19,22-24,31-35,38,40,42-44,46,49,51-53,55,58,60-67H2,1-3H3/b20-17-,21-18-,28-25-,29-26-,30-27-,39-36-,41-37-,48-45-,50-47-,57-54-,59-56-/t68-/m1/s1. The minimum Gasteiger partial charge on any atom is -0.462 e. The monoisotopic (exact) mass is 1060 g/mol. The van der Waals surface area contributed by atoms with E-state index in [0.29, 0.717) is 19.3 Å². The summed E-state index contributed by atoms with van der Waals surface area (Å²) in [6.07, 6.45) is 90.5. The van der Waals surface area contributed by atoms with Gasteiger partial charge in [-0.2, -0.15) is 0 Å². The topological polar surface area (TPSA) is 78.9 Å². The van der Waals surface area contributed by atoms with E-state index in [9.17, 15) is 14.4 Å². The summed E-state index contributed by atoms with van der Waals surface area (Å²) >= 11 is 0. The summed E-state index contributed by atoms with van der Waals surface area (Å²) in [4.78, 5) is 38.2. The summed E-state index contributed by atoms with van der Waals surface area (Å²) < 4.78 is 16.8. The Kier molecular flexibility index (Phi) is 60.4. The van der Waals surface area contributed by atoms with Crippen LogP contribution in [-0.4, -0.2) is 37.2 Å². The highest BCUT2D eigenvalue weighted by Gasteiger charge is 2.19. The zero-order valence-corrected chi connectivity index (χ0v) is 49.9. The number of rotatable bonds is 56. The molecule has 0 amide bonds. The van der Waals surface area contributed by atoms with E-state index in [1.54, 1.807) is 0 Å². The number of hydrogen-bond acceptors (Lipinski definition) is 6. The van der Waals surface area contributed by atoms with Crippen molar-refractivity contribution in [2.45, 2.75) is 284 Å². The zero-order chi connectivity index (χ0) is 55.7. The van der Waals surface area contributed by atoms with E-state index in [2.05, 4.69) is 136 Å². The summed E-state index contributed by atoms with van der Waals surface area (Å²) in [7, 11) is 0. The van der Waals surface area contributed by atoms with E-state index in [1.807, 2.05) is 18.2 Å². The van der Waals surface area contributed by atoms with Crippen LogP contribution in [0.4, 0.5) is 0 Å². The molecule has 0 saturated carbocycles. The number of ether oxygens (including phenoxy) is 3. The first-order valence-electron chi connectivity index (χ1n) is 31.7. The van der Waals surface area contributed by atoms with Crippen LogP contribution in [-0.2, 0) is 28.6 Å². The van der Waals surface area contributed by atoms with Gasteiger partial charge in [0.25, 0.3) is 0 Å². The molecule has 0 N–H and O–H groups in total. The van der Waals surface area contributed by atoms with Gasteiger partial charge >= 0.3 is 17.9 Å². The quantitative estimate of drug-likeness (QED) is 0.0261. The van der Waals surface area contributed by atoms with Gasteiger partial charge in [0, 0.05) is 19.3 Å². The van der Waals surface area contributed by atoms with Gasteiger partial charge in [-0.3, -0.25) is 14.4 Å². The van der Waals surface area contributed by atoms with E-state index in [-0.39, 0.29) is 38.0 Å². The van der Waals surface area contributed by atoms with Crippen LogP contribution in [0.15, 0.2) is 134 Å². The molecule has 0 aliphatic rings. The van der Waals surface area contributed by atoms with Crippen LogP contribution < -0.4 is 0 Å². The third-order valence-corrected chi connectivity index (χ3v) is 13.1. The second-order valence-corrected chi connectivity index (χ2v) is 20.6. The molecule has 0 radical (unpaired) electrons. The molecule has 0 unspecified atom stereocenters. The van der Waals surface area contributed by atoms with Crippen molar-refractivity contribution < 1.29 is 28.6 Å². The Hall–Kier alpha value is -4.45. The predicted molar refractivity (Wildman–Crippen MR) is 334 cm³/mol. The Balaban J connectivity index is 4.59. The molecule has 436 valence electrons. The minimum atomic E-state index is -0.854. The molecule has 6 nitrogen and oxygen atoms in total. The summed E-state index contributed by atoms with van der Waals surface area (Å²) in [6, 6.07) is 0. The molecule has 0 fully saturated rings. The van der Waals surface area contributed by atoms with Gasteiger partial charge in [-0.25, -0.2) is 0 Å². The third kappa shape index (κ3) is 62.3. The fraction of sp³-hybridized carbons (Fsp3) is 0.648. The molecule has 6 heteroatoms. The number of unbranched alkanes of at least 4 members (excludes halogenated alkanes) is 23. The van der Waals surface area contributed by atoms with Crippen molar-refractivity contribution >= 4 is 17.9 Å². The van der Waals surface area contributed by atoms with Crippen molar-refractivity contribution in [3.05, 3.63) is 134 Å². The van der Waals surface area contributed by atoms with E-state index in [4.69, 9.17) is 14.2 Å². The van der Waals surface area contributed by atoms with Crippen molar-refractivity contribution in [2.24, 2.45) is 0 Å². The van der Waals surface area contributed by atoms with E-state index in [0.717, 1.165) is 70.6 Å². The average molecular weight is 1070 g/mol. The lowest BCUT2D eigenvalue weighted by Crippen LogP contribution is -2.30. The summed E-state index contributed by atoms with van der Waals surface area (Å²) in [5.41, 5.74) is 0. The molecule has 1 atom stereocenters. The van der Waals surface area contributed by atoms with E-state index < -0.39 is 12.1 Å². The van der Waals surface area contributed by atoms with Crippen LogP contribution in [0.3, 0.4) is 0 Å². The highest BCUT2D eigenvalue weighted by atomic mass is 16.6. The number of hydrogen-bond donors (Lipinski definition) is 0. The number of carbonyl (C=O) groups is 3. The molecule has 0 aromatic rings. The molecule has 0 heterocycles. The smallest absolute Gasteiger partial charge is 0.306 e. The van der Waals surface area contributed by atoms with Crippen LogP contribution >= 0.6 is 0 Å². The lowest BCUT2D eigenvalue weighted by Gasteiger charge is -2.18. The first kappa shape index (κ1) is 72.5. The van der Waals surface area contributed by atoms with Gasteiger partial charge < -0.3 is 14.2 Å². The van der Waals surface area contributed by atoms with Crippen LogP contribution in [0.25, 0.3) is 0 Å². The summed E-state index contributed by atoms with van der Waals surface area (Å²) in [5, 5.41) is 0. The van der Waals surface area contributed by atoms with Gasteiger partial charge in [-0.05, 0) is 122 Å². The molecule has 0 spiro atoms. The van der Waals surface area contributed by atoms with Gasteiger partial charge in [0.15, 0.2) is 6.10 Å². The van der Waals surface area contributed by atoms with Crippen LogP contribution in [0.1, 0.15) is 278 Å². The van der Waals surface area contributed by atoms with E-state index in [1.165, 1.54) is 154 Å². The minimum absolute atomic E-state index is 0.134. The van der Waals surface area contributed by atoms with Crippen molar-refractivity contribution in [2.75, 3.05) is 13.2 Å². The Morgan fingerprint density at radius 1 is 0.260 bits per heavy atom. The molecule has 0 rings (SSSR count). The lowest BCUT2D eigenvalue weighted by atomic mass is 10.0. The van der Waals surface area contributed by atoms with Crippen molar-refractivity contribution in [3.8, 4) is 0 Å². The normalized spacial score (nSPS) is 13.0. The van der Waals surface area contributed by atoms with Crippen molar-refractivity contribution in [1.82, 2.24) is 0 Å². The maximum atomic E-state index is 12.9. The first-order valence-corrected chi connectivity index (χ1v) is 31.7. The Morgan fingerprint density at radius 3 is 0.844 bits per heavy atom. The number of carbonyl (C=O) groups excluding carboxylic acids is 3. The Bertz CT molecular complexity index is 1650. The molecule has 0 aliphatic heterocycles. The van der Waals surface area contributed by atoms with Crippen molar-refractivity contribution in [3.63, 3.8) is 0 Å². The van der Waals surface area contributed by atoms with Crippen LogP contribution in [0, 0.1) is 0 Å². The fourth-order valence-electron chi connectivity index (χ4n) is 8.34. The molecule has 0 aromatic heterocycles. The molecular formula is C71H116O6. The lowest BCUT2D eigenvalue weighted by molar-refractivity contribution is -0.166. The SMILES string of the molecule is CCCCC/C=C\C/C=C\C/C=C\C/C=C\C/C=C\CCC(=O)OC[C@H](COC(=O)CCCCCCCCCCCCC/C=C\CCCCCCCC)OC(=O)CC/C=C\C/C=C\C/C=C\C/C=C\C/C=C\CCCCC. The number of allylic oxidation sites excluding steroid dienone is 22. The van der Waals surface area contributed by atoms with Crippen LogP contribution in [0.2, 0.25) is 0 Å². The largest absolute Gasteiger partial charge is 0.462 e. The molecular weight excluding hydrogens is 949 g/mol. The van der Waals surface area contributed by atoms with Crippen molar-refractivity contribution in [1.29, 1.82) is 0 Å². The second kappa shape index (κ2) is 64.1. The predicted octanol–water partition coefficient (Wildman–Crippen LogP) is 21.8. The van der Waals surface area contributed by atoms with Gasteiger partial charge in [0.05, 0.1) is 0 Å². The van der Waals surface area contributed by atoms with Crippen LogP contribution in [0.5, 0.6) is 0 Å². The zero-order valence-electron chi connectivity index (χ0n) is 49.9. The van der Waals surface area contributed by atoms with Gasteiger partial charge in [0.1, 0.15) is 13.2 Å². The molecule has 0 aliphatic carbocycles. The van der Waals surface area contributed by atoms with Gasteiger partial charge in [0.2, 0.25) is 0 Å². The second-order valence-electron chi connectivity index (χ2n) is 20.6. The Labute approximate surface area is 475 Å². The maximum absolute atomic E-state index is 12.9. The molecule has 0 aromatic carbocycles. The van der Waals surface area contributed by atoms with Gasteiger partial charge in [-0.15, -0.1) is 0 Å².